The van der Waals surface area contributed by atoms with E-state index < -0.39 is 11.9 Å². The molecule has 0 amide bonds. The van der Waals surface area contributed by atoms with E-state index in [-0.39, 0.29) is 0 Å². The van der Waals surface area contributed by atoms with Crippen molar-refractivity contribution in [1.29, 1.82) is 0 Å². The predicted octanol–water partition coefficient (Wildman–Crippen LogP) is 6.55. The molecule has 0 aromatic heterocycles. The average molecular weight is 427 g/mol. The number of aryl methyl sites for hydroxylation is 1. The van der Waals surface area contributed by atoms with Gasteiger partial charge in [0.15, 0.2) is 0 Å². The van der Waals surface area contributed by atoms with Gasteiger partial charge in [-0.2, -0.15) is 0 Å². The molecule has 0 fully saturated rings. The SMILES string of the molecule is C=C(C)C(=O)Oc1ccc(-c2cc(CC)cc(-c3ccc(OC(=O)C(=C)C)cc3)c2)cc1. The molecule has 0 radical (unpaired) electrons. The van der Waals surface area contributed by atoms with Crippen LogP contribution in [0.25, 0.3) is 22.3 Å². The Morgan fingerprint density at radius 1 is 0.656 bits per heavy atom. The van der Waals surface area contributed by atoms with E-state index >= 15 is 0 Å². The van der Waals surface area contributed by atoms with E-state index in [0.29, 0.717) is 22.6 Å². The fraction of sp³-hybridized carbons (Fsp3) is 0.143. The molecule has 4 heteroatoms. The highest BCUT2D eigenvalue weighted by Gasteiger charge is 2.09. The monoisotopic (exact) mass is 426 g/mol. The summed E-state index contributed by atoms with van der Waals surface area (Å²) in [6.45, 7) is 12.5. The van der Waals surface area contributed by atoms with Crippen LogP contribution in [0.5, 0.6) is 11.5 Å². The maximum Gasteiger partial charge on any atom is 0.338 e. The first-order chi connectivity index (χ1) is 15.3. The van der Waals surface area contributed by atoms with Gasteiger partial charge in [0, 0.05) is 11.1 Å². The van der Waals surface area contributed by atoms with Crippen LogP contribution in [0.15, 0.2) is 91.0 Å². The zero-order valence-electron chi connectivity index (χ0n) is 18.6. The molecule has 0 spiro atoms. The molecule has 3 rings (SSSR count). The molecule has 3 aromatic rings. The first-order valence-electron chi connectivity index (χ1n) is 10.4. The van der Waals surface area contributed by atoms with Gasteiger partial charge in [-0.05, 0) is 78.4 Å². The van der Waals surface area contributed by atoms with E-state index in [0.717, 1.165) is 28.7 Å². The molecule has 4 nitrogen and oxygen atoms in total. The number of benzene rings is 3. The molecular formula is C28H26O4. The minimum atomic E-state index is -0.439. The molecule has 0 atom stereocenters. The van der Waals surface area contributed by atoms with Crippen molar-refractivity contribution in [2.45, 2.75) is 27.2 Å². The summed E-state index contributed by atoms with van der Waals surface area (Å²) in [5.74, 6) is 0.0813. The van der Waals surface area contributed by atoms with Gasteiger partial charge in [-0.15, -0.1) is 0 Å². The van der Waals surface area contributed by atoms with E-state index in [4.69, 9.17) is 9.47 Å². The summed E-state index contributed by atoms with van der Waals surface area (Å²) >= 11 is 0. The van der Waals surface area contributed by atoms with Crippen molar-refractivity contribution >= 4 is 11.9 Å². The summed E-state index contributed by atoms with van der Waals surface area (Å²) in [7, 11) is 0. The van der Waals surface area contributed by atoms with Crippen molar-refractivity contribution < 1.29 is 19.1 Å². The highest BCUT2D eigenvalue weighted by Crippen LogP contribution is 2.31. The van der Waals surface area contributed by atoms with Gasteiger partial charge in [-0.25, -0.2) is 9.59 Å². The van der Waals surface area contributed by atoms with Gasteiger partial charge in [0.1, 0.15) is 11.5 Å². The van der Waals surface area contributed by atoms with Crippen LogP contribution in [0.2, 0.25) is 0 Å². The number of esters is 2. The third-order valence-corrected chi connectivity index (χ3v) is 4.89. The summed E-state index contributed by atoms with van der Waals surface area (Å²) in [5, 5.41) is 0. The predicted molar refractivity (Wildman–Crippen MR) is 128 cm³/mol. The molecule has 0 aliphatic heterocycles. The fourth-order valence-corrected chi connectivity index (χ4v) is 3.05. The maximum atomic E-state index is 11.7. The van der Waals surface area contributed by atoms with Crippen molar-refractivity contribution in [2.24, 2.45) is 0 Å². The van der Waals surface area contributed by atoms with Crippen LogP contribution in [-0.2, 0) is 16.0 Å². The minimum Gasteiger partial charge on any atom is -0.423 e. The Morgan fingerprint density at radius 3 is 1.34 bits per heavy atom. The molecule has 0 aliphatic carbocycles. The Balaban J connectivity index is 1.87. The van der Waals surface area contributed by atoms with E-state index in [1.54, 1.807) is 38.1 Å². The molecular weight excluding hydrogens is 400 g/mol. The largest absolute Gasteiger partial charge is 0.423 e. The summed E-state index contributed by atoms with van der Waals surface area (Å²) in [5.41, 5.74) is 6.08. The zero-order chi connectivity index (χ0) is 23.3. The van der Waals surface area contributed by atoms with Gasteiger partial charge in [0.2, 0.25) is 0 Å². The quantitative estimate of drug-likeness (QED) is 0.244. The first-order valence-corrected chi connectivity index (χ1v) is 10.4. The van der Waals surface area contributed by atoms with Gasteiger partial charge in [-0.1, -0.05) is 56.5 Å². The lowest BCUT2D eigenvalue weighted by molar-refractivity contribution is -0.130. The Labute approximate surface area is 188 Å². The van der Waals surface area contributed by atoms with Gasteiger partial charge >= 0.3 is 11.9 Å². The summed E-state index contributed by atoms with van der Waals surface area (Å²) in [6.07, 6.45) is 0.892. The third kappa shape index (κ3) is 5.61. The Morgan fingerprint density at radius 2 is 1.03 bits per heavy atom. The number of rotatable bonds is 7. The molecule has 0 N–H and O–H groups in total. The average Bonchev–Trinajstić information content (AvgIpc) is 2.79. The lowest BCUT2D eigenvalue weighted by Crippen LogP contribution is -2.07. The molecule has 0 bridgehead atoms. The van der Waals surface area contributed by atoms with Crippen LogP contribution >= 0.6 is 0 Å². The second-order valence-corrected chi connectivity index (χ2v) is 7.66. The molecule has 0 aliphatic rings. The minimum absolute atomic E-state index is 0.356. The number of hydrogen-bond donors (Lipinski definition) is 0. The number of hydrogen-bond acceptors (Lipinski definition) is 4. The normalized spacial score (nSPS) is 10.3. The second kappa shape index (κ2) is 9.92. The van der Waals surface area contributed by atoms with Crippen molar-refractivity contribution in [3.8, 4) is 33.8 Å². The van der Waals surface area contributed by atoms with E-state index in [9.17, 15) is 9.59 Å². The van der Waals surface area contributed by atoms with Crippen LogP contribution in [0.4, 0.5) is 0 Å². The van der Waals surface area contributed by atoms with Crippen molar-refractivity contribution in [1.82, 2.24) is 0 Å². The van der Waals surface area contributed by atoms with Crippen molar-refractivity contribution in [2.75, 3.05) is 0 Å². The van der Waals surface area contributed by atoms with Crippen molar-refractivity contribution in [3.63, 3.8) is 0 Å². The summed E-state index contributed by atoms with van der Waals surface area (Å²) in [6, 6.07) is 21.3. The topological polar surface area (TPSA) is 52.6 Å². The Bertz CT molecular complexity index is 1080. The molecule has 0 saturated carbocycles. The highest BCUT2D eigenvalue weighted by atomic mass is 16.5. The van der Waals surface area contributed by atoms with E-state index in [1.165, 1.54) is 5.56 Å². The van der Waals surface area contributed by atoms with Crippen LogP contribution in [0, 0.1) is 0 Å². The van der Waals surface area contributed by atoms with Crippen LogP contribution in [0.3, 0.4) is 0 Å². The lowest BCUT2D eigenvalue weighted by atomic mass is 9.95. The molecule has 0 heterocycles. The smallest absolute Gasteiger partial charge is 0.338 e. The van der Waals surface area contributed by atoms with Crippen LogP contribution in [-0.4, -0.2) is 11.9 Å². The van der Waals surface area contributed by atoms with Crippen LogP contribution in [0.1, 0.15) is 26.3 Å². The van der Waals surface area contributed by atoms with E-state index in [2.05, 4.69) is 38.3 Å². The fourth-order valence-electron chi connectivity index (χ4n) is 3.05. The summed E-state index contributed by atoms with van der Waals surface area (Å²) in [4.78, 5) is 23.4. The van der Waals surface area contributed by atoms with Crippen LogP contribution < -0.4 is 9.47 Å². The zero-order valence-corrected chi connectivity index (χ0v) is 18.6. The van der Waals surface area contributed by atoms with Crippen molar-refractivity contribution in [3.05, 3.63) is 96.6 Å². The molecule has 0 saturated heterocycles. The Kier molecular flexibility index (Phi) is 7.06. The highest BCUT2D eigenvalue weighted by molar-refractivity contribution is 5.89. The summed E-state index contributed by atoms with van der Waals surface area (Å²) < 4.78 is 10.6. The van der Waals surface area contributed by atoms with Gasteiger partial charge in [0.05, 0.1) is 0 Å². The molecule has 32 heavy (non-hydrogen) atoms. The Hall–Kier alpha value is -3.92. The number of carbonyl (C=O) groups is 2. The molecule has 162 valence electrons. The standard InChI is InChI=1S/C28H26O4/c1-6-20-15-23(21-7-11-25(12-8-21)31-27(29)18(2)3)17-24(16-20)22-9-13-26(14-10-22)32-28(30)19(4)5/h7-17H,2,4,6H2,1,3,5H3. The van der Waals surface area contributed by atoms with Gasteiger partial charge < -0.3 is 9.47 Å². The van der Waals surface area contributed by atoms with E-state index in [1.807, 2.05) is 24.3 Å². The first kappa shape index (κ1) is 22.8. The lowest BCUT2D eigenvalue weighted by Gasteiger charge is -2.11. The second-order valence-electron chi connectivity index (χ2n) is 7.66. The van der Waals surface area contributed by atoms with Gasteiger partial charge in [-0.3, -0.25) is 0 Å². The molecule has 0 unspecified atom stereocenters. The van der Waals surface area contributed by atoms with Gasteiger partial charge in [0.25, 0.3) is 0 Å². The molecule has 3 aromatic carbocycles. The number of carbonyl (C=O) groups excluding carboxylic acids is 2. The third-order valence-electron chi connectivity index (χ3n) is 4.89. The maximum absolute atomic E-state index is 11.7. The number of ether oxygens (including phenoxy) is 2.